The smallest absolute Gasteiger partial charge is 0.246 e. The summed E-state index contributed by atoms with van der Waals surface area (Å²) in [5, 5.41) is 0. The lowest BCUT2D eigenvalue weighted by molar-refractivity contribution is -0.126. The summed E-state index contributed by atoms with van der Waals surface area (Å²) in [5.74, 6) is 0.0941. The van der Waals surface area contributed by atoms with Gasteiger partial charge in [0.2, 0.25) is 5.91 Å². The Kier molecular flexibility index (Phi) is 6.30. The van der Waals surface area contributed by atoms with Crippen LogP contribution in [0, 0.1) is 6.92 Å². The first-order valence-corrected chi connectivity index (χ1v) is 9.53. The van der Waals surface area contributed by atoms with E-state index in [4.69, 9.17) is 0 Å². The van der Waals surface area contributed by atoms with Crippen LogP contribution < -0.4 is 4.90 Å². The van der Waals surface area contributed by atoms with Crippen LogP contribution >= 0.6 is 0 Å². The number of benzene rings is 2. The molecule has 1 saturated heterocycles. The van der Waals surface area contributed by atoms with E-state index in [2.05, 4.69) is 67.2 Å². The third kappa shape index (κ3) is 5.44. The molecule has 27 heavy (non-hydrogen) atoms. The molecule has 0 spiro atoms. The Labute approximate surface area is 162 Å². The third-order valence-corrected chi connectivity index (χ3v) is 4.86. The van der Waals surface area contributed by atoms with Gasteiger partial charge < -0.3 is 14.7 Å². The first kappa shape index (κ1) is 19.2. The third-order valence-electron chi connectivity index (χ3n) is 4.86. The summed E-state index contributed by atoms with van der Waals surface area (Å²) in [7, 11) is 4.17. The normalized spacial score (nSPS) is 15.0. The number of carbonyl (C=O) groups excluding carboxylic acids is 1. The molecule has 0 bridgehead atoms. The fraction of sp³-hybridized carbons (Fsp3) is 0.348. The number of anilines is 1. The molecule has 1 amide bonds. The number of aryl methyl sites for hydroxylation is 1. The van der Waals surface area contributed by atoms with Crippen molar-refractivity contribution in [3.05, 3.63) is 71.3 Å². The number of amides is 1. The van der Waals surface area contributed by atoms with Crippen molar-refractivity contribution in [3.63, 3.8) is 0 Å². The summed E-state index contributed by atoms with van der Waals surface area (Å²) in [6, 6.07) is 16.9. The van der Waals surface area contributed by atoms with Crippen LogP contribution in [0.5, 0.6) is 0 Å². The van der Waals surface area contributed by atoms with E-state index in [1.165, 1.54) is 16.8 Å². The van der Waals surface area contributed by atoms with Gasteiger partial charge in [0.1, 0.15) is 0 Å². The van der Waals surface area contributed by atoms with E-state index in [-0.39, 0.29) is 5.91 Å². The SMILES string of the molecule is Cc1ccc(/C=C/C(=O)N2CCN(c3cccc(CN(C)C)c3)CC2)cc1. The van der Waals surface area contributed by atoms with Gasteiger partial charge in [-0.2, -0.15) is 0 Å². The van der Waals surface area contributed by atoms with Crippen molar-refractivity contribution in [1.82, 2.24) is 9.80 Å². The quantitative estimate of drug-likeness (QED) is 0.762. The van der Waals surface area contributed by atoms with Crippen molar-refractivity contribution < 1.29 is 4.79 Å². The Morgan fingerprint density at radius 2 is 1.74 bits per heavy atom. The van der Waals surface area contributed by atoms with E-state index in [9.17, 15) is 4.79 Å². The van der Waals surface area contributed by atoms with Crippen molar-refractivity contribution in [3.8, 4) is 0 Å². The predicted molar refractivity (Wildman–Crippen MR) is 113 cm³/mol. The first-order chi connectivity index (χ1) is 13.0. The fourth-order valence-corrected chi connectivity index (χ4v) is 3.35. The maximum absolute atomic E-state index is 12.5. The number of hydrogen-bond donors (Lipinski definition) is 0. The molecule has 1 aliphatic heterocycles. The molecule has 142 valence electrons. The molecule has 4 heteroatoms. The Morgan fingerprint density at radius 3 is 2.41 bits per heavy atom. The molecule has 1 fully saturated rings. The van der Waals surface area contributed by atoms with E-state index in [0.29, 0.717) is 0 Å². The van der Waals surface area contributed by atoms with Crippen LogP contribution in [-0.2, 0) is 11.3 Å². The van der Waals surface area contributed by atoms with E-state index in [0.717, 1.165) is 38.3 Å². The average Bonchev–Trinajstić information content (AvgIpc) is 2.67. The van der Waals surface area contributed by atoms with Gasteiger partial charge in [-0.1, -0.05) is 42.0 Å². The molecule has 2 aromatic carbocycles. The van der Waals surface area contributed by atoms with Crippen molar-refractivity contribution in [1.29, 1.82) is 0 Å². The Bertz CT molecular complexity index is 788. The summed E-state index contributed by atoms with van der Waals surface area (Å²) < 4.78 is 0. The highest BCUT2D eigenvalue weighted by Gasteiger charge is 2.20. The van der Waals surface area contributed by atoms with Gasteiger partial charge in [0, 0.05) is 44.5 Å². The second-order valence-electron chi connectivity index (χ2n) is 7.46. The van der Waals surface area contributed by atoms with Crippen molar-refractivity contribution in [2.24, 2.45) is 0 Å². The second kappa shape index (κ2) is 8.87. The Balaban J connectivity index is 1.55. The number of carbonyl (C=O) groups is 1. The predicted octanol–water partition coefficient (Wildman–Crippen LogP) is 3.42. The molecular formula is C23H29N3O. The zero-order valence-corrected chi connectivity index (χ0v) is 16.6. The summed E-state index contributed by atoms with van der Waals surface area (Å²) in [6.45, 7) is 6.26. The van der Waals surface area contributed by atoms with Crippen LogP contribution in [-0.4, -0.2) is 56.0 Å². The van der Waals surface area contributed by atoms with Gasteiger partial charge in [0.25, 0.3) is 0 Å². The van der Waals surface area contributed by atoms with Crippen LogP contribution in [0.25, 0.3) is 6.08 Å². The first-order valence-electron chi connectivity index (χ1n) is 9.53. The molecule has 0 atom stereocenters. The van der Waals surface area contributed by atoms with Gasteiger partial charge in [0.05, 0.1) is 0 Å². The zero-order valence-electron chi connectivity index (χ0n) is 16.6. The molecule has 1 heterocycles. The van der Waals surface area contributed by atoms with E-state index in [1.807, 2.05) is 23.1 Å². The minimum absolute atomic E-state index is 0.0941. The highest BCUT2D eigenvalue weighted by Crippen LogP contribution is 2.19. The molecule has 3 rings (SSSR count). The van der Waals surface area contributed by atoms with Gasteiger partial charge in [-0.05, 0) is 50.4 Å². The lowest BCUT2D eigenvalue weighted by Gasteiger charge is -2.36. The topological polar surface area (TPSA) is 26.8 Å². The van der Waals surface area contributed by atoms with Crippen LogP contribution in [0.1, 0.15) is 16.7 Å². The number of hydrogen-bond acceptors (Lipinski definition) is 3. The maximum Gasteiger partial charge on any atom is 0.246 e. The summed E-state index contributed by atoms with van der Waals surface area (Å²) in [4.78, 5) is 19.0. The van der Waals surface area contributed by atoms with E-state index >= 15 is 0 Å². The Hall–Kier alpha value is -2.59. The molecule has 2 aromatic rings. The summed E-state index contributed by atoms with van der Waals surface area (Å²) in [6.07, 6.45) is 3.59. The minimum Gasteiger partial charge on any atom is -0.368 e. The fourth-order valence-electron chi connectivity index (χ4n) is 3.35. The average molecular weight is 364 g/mol. The van der Waals surface area contributed by atoms with Crippen molar-refractivity contribution in [2.75, 3.05) is 45.2 Å². The van der Waals surface area contributed by atoms with Crippen LogP contribution in [0.15, 0.2) is 54.6 Å². The minimum atomic E-state index is 0.0941. The van der Waals surface area contributed by atoms with Crippen LogP contribution in [0.3, 0.4) is 0 Å². The van der Waals surface area contributed by atoms with Gasteiger partial charge in [-0.15, -0.1) is 0 Å². The molecule has 0 aromatic heterocycles. The van der Waals surface area contributed by atoms with E-state index in [1.54, 1.807) is 6.08 Å². The molecule has 4 nitrogen and oxygen atoms in total. The number of rotatable bonds is 5. The molecule has 0 N–H and O–H groups in total. The standard InChI is InChI=1S/C23H29N3O/c1-19-7-9-20(10-8-19)11-12-23(27)26-15-13-25(14-16-26)22-6-4-5-21(17-22)18-24(2)3/h4-12,17H,13-16,18H2,1-3H3/b12-11+. The van der Waals surface area contributed by atoms with Gasteiger partial charge in [-0.3, -0.25) is 4.79 Å². The zero-order chi connectivity index (χ0) is 19.2. The van der Waals surface area contributed by atoms with Gasteiger partial charge in [-0.25, -0.2) is 0 Å². The maximum atomic E-state index is 12.5. The Morgan fingerprint density at radius 1 is 1.04 bits per heavy atom. The largest absolute Gasteiger partial charge is 0.368 e. The summed E-state index contributed by atoms with van der Waals surface area (Å²) in [5.41, 5.74) is 4.85. The lowest BCUT2D eigenvalue weighted by Crippen LogP contribution is -2.48. The van der Waals surface area contributed by atoms with E-state index < -0.39 is 0 Å². The van der Waals surface area contributed by atoms with Crippen molar-refractivity contribution >= 4 is 17.7 Å². The molecule has 0 aliphatic carbocycles. The van der Waals surface area contributed by atoms with Crippen LogP contribution in [0.2, 0.25) is 0 Å². The molecular weight excluding hydrogens is 334 g/mol. The van der Waals surface area contributed by atoms with Crippen LogP contribution in [0.4, 0.5) is 5.69 Å². The second-order valence-corrected chi connectivity index (χ2v) is 7.46. The molecule has 1 aliphatic rings. The molecule has 0 saturated carbocycles. The molecule has 0 radical (unpaired) electrons. The van der Waals surface area contributed by atoms with Gasteiger partial charge in [0.15, 0.2) is 0 Å². The number of piperazine rings is 1. The monoisotopic (exact) mass is 363 g/mol. The molecule has 0 unspecified atom stereocenters. The lowest BCUT2D eigenvalue weighted by atomic mass is 10.1. The highest BCUT2D eigenvalue weighted by atomic mass is 16.2. The number of nitrogens with zero attached hydrogens (tertiary/aromatic N) is 3. The summed E-state index contributed by atoms with van der Waals surface area (Å²) >= 11 is 0. The van der Waals surface area contributed by atoms with Gasteiger partial charge >= 0.3 is 0 Å². The van der Waals surface area contributed by atoms with Crippen molar-refractivity contribution in [2.45, 2.75) is 13.5 Å². The highest BCUT2D eigenvalue weighted by molar-refractivity contribution is 5.92.